The van der Waals surface area contributed by atoms with Gasteiger partial charge in [0.05, 0.1) is 17.8 Å². The maximum absolute atomic E-state index is 13.0. The van der Waals surface area contributed by atoms with Gasteiger partial charge < -0.3 is 5.32 Å². The zero-order chi connectivity index (χ0) is 19.5. The van der Waals surface area contributed by atoms with Gasteiger partial charge in [-0.15, -0.1) is 11.3 Å². The second-order valence-corrected chi connectivity index (χ2v) is 7.43. The van der Waals surface area contributed by atoms with Crippen LogP contribution in [0.3, 0.4) is 0 Å². The van der Waals surface area contributed by atoms with E-state index >= 15 is 0 Å². The van der Waals surface area contributed by atoms with Crippen LogP contribution in [-0.4, -0.2) is 15.5 Å². The number of nitrogens with zero attached hydrogens (tertiary/aromatic N) is 2. The monoisotopic (exact) mass is 389 g/mol. The highest BCUT2D eigenvalue weighted by Crippen LogP contribution is 2.30. The zero-order valence-electron chi connectivity index (χ0n) is 15.3. The molecule has 4 aromatic rings. The van der Waals surface area contributed by atoms with E-state index in [0.29, 0.717) is 10.2 Å². The number of thiophene rings is 1. The summed E-state index contributed by atoms with van der Waals surface area (Å²) in [7, 11) is 0. The molecule has 5 nitrogen and oxygen atoms in total. The van der Waals surface area contributed by atoms with Gasteiger partial charge in [-0.3, -0.25) is 14.2 Å². The van der Waals surface area contributed by atoms with Crippen molar-refractivity contribution in [2.24, 2.45) is 0 Å². The van der Waals surface area contributed by atoms with E-state index in [2.05, 4.69) is 10.3 Å². The van der Waals surface area contributed by atoms with Gasteiger partial charge in [-0.2, -0.15) is 0 Å². The van der Waals surface area contributed by atoms with Crippen LogP contribution < -0.4 is 10.9 Å². The van der Waals surface area contributed by atoms with Gasteiger partial charge >= 0.3 is 0 Å². The third-order valence-electron chi connectivity index (χ3n) is 4.64. The van der Waals surface area contributed by atoms with Crippen molar-refractivity contribution >= 4 is 27.5 Å². The summed E-state index contributed by atoms with van der Waals surface area (Å²) in [4.78, 5) is 30.6. The van der Waals surface area contributed by atoms with Crippen LogP contribution in [0.25, 0.3) is 21.3 Å². The van der Waals surface area contributed by atoms with E-state index < -0.39 is 0 Å². The molecule has 4 rings (SSSR count). The molecule has 1 N–H and O–H groups in total. The average molecular weight is 389 g/mol. The smallest absolute Gasteiger partial charge is 0.263 e. The quantitative estimate of drug-likeness (QED) is 0.561. The number of amides is 1. The lowest BCUT2D eigenvalue weighted by molar-refractivity contribution is -0.122. The fraction of sp³-hybridized carbons (Fsp3) is 0.136. The summed E-state index contributed by atoms with van der Waals surface area (Å²) in [5, 5.41) is 5.43. The molecule has 0 saturated heterocycles. The highest BCUT2D eigenvalue weighted by Gasteiger charge is 2.15. The number of rotatable bonds is 5. The molecule has 0 radical (unpaired) electrons. The van der Waals surface area contributed by atoms with Crippen molar-refractivity contribution in [3.63, 3.8) is 0 Å². The van der Waals surface area contributed by atoms with Crippen LogP contribution in [0, 0.1) is 0 Å². The summed E-state index contributed by atoms with van der Waals surface area (Å²) in [6.45, 7) is 1.85. The third-order valence-corrected chi connectivity index (χ3v) is 5.52. The Morgan fingerprint density at radius 3 is 2.50 bits per heavy atom. The van der Waals surface area contributed by atoms with Gasteiger partial charge in [0.15, 0.2) is 0 Å². The van der Waals surface area contributed by atoms with Crippen LogP contribution in [0.4, 0.5) is 0 Å². The topological polar surface area (TPSA) is 64.0 Å². The Labute approximate surface area is 166 Å². The average Bonchev–Trinajstić information content (AvgIpc) is 3.16. The number of hydrogen-bond donors (Lipinski definition) is 1. The minimum atomic E-state index is -0.226. The van der Waals surface area contributed by atoms with Crippen molar-refractivity contribution in [3.8, 4) is 11.1 Å². The fourth-order valence-electron chi connectivity index (χ4n) is 3.18. The maximum Gasteiger partial charge on any atom is 0.263 e. The van der Waals surface area contributed by atoms with Gasteiger partial charge in [-0.1, -0.05) is 60.7 Å². The maximum atomic E-state index is 13.0. The Kier molecular flexibility index (Phi) is 5.04. The molecule has 28 heavy (non-hydrogen) atoms. The lowest BCUT2D eigenvalue weighted by atomic mass is 10.1. The first kappa shape index (κ1) is 18.1. The van der Waals surface area contributed by atoms with E-state index in [0.717, 1.165) is 16.7 Å². The predicted molar refractivity (Wildman–Crippen MR) is 112 cm³/mol. The molecule has 2 aromatic carbocycles. The van der Waals surface area contributed by atoms with Crippen molar-refractivity contribution in [1.29, 1.82) is 0 Å². The van der Waals surface area contributed by atoms with Gasteiger partial charge in [0.25, 0.3) is 5.56 Å². The number of fused-ring (bicyclic) bond motifs is 1. The highest BCUT2D eigenvalue weighted by atomic mass is 32.1. The number of carbonyl (C=O) groups excluding carboxylic acids is 1. The Balaban J connectivity index is 1.60. The summed E-state index contributed by atoms with van der Waals surface area (Å²) in [6, 6.07) is 19.3. The first-order chi connectivity index (χ1) is 13.6. The number of hydrogen-bond acceptors (Lipinski definition) is 4. The molecule has 1 amide bonds. The van der Waals surface area contributed by atoms with Gasteiger partial charge in [0.1, 0.15) is 11.4 Å². The lowest BCUT2D eigenvalue weighted by Crippen LogP contribution is -2.33. The summed E-state index contributed by atoms with van der Waals surface area (Å²) in [5.74, 6) is -0.226. The van der Waals surface area contributed by atoms with Gasteiger partial charge in [0, 0.05) is 10.9 Å². The number of benzene rings is 2. The first-order valence-electron chi connectivity index (χ1n) is 9.00. The van der Waals surface area contributed by atoms with Gasteiger partial charge in [0.2, 0.25) is 5.91 Å². The van der Waals surface area contributed by atoms with Crippen molar-refractivity contribution in [1.82, 2.24) is 14.9 Å². The summed E-state index contributed by atoms with van der Waals surface area (Å²) < 4.78 is 1.37. The summed E-state index contributed by atoms with van der Waals surface area (Å²) in [5.41, 5.74) is 2.63. The molecule has 0 saturated carbocycles. The second-order valence-electron chi connectivity index (χ2n) is 6.57. The molecule has 0 fully saturated rings. The summed E-state index contributed by atoms with van der Waals surface area (Å²) in [6.07, 6.45) is 1.45. The second kappa shape index (κ2) is 7.78. The first-order valence-corrected chi connectivity index (χ1v) is 9.88. The zero-order valence-corrected chi connectivity index (χ0v) is 16.1. The third kappa shape index (κ3) is 3.59. The number of aromatic nitrogens is 2. The van der Waals surface area contributed by atoms with E-state index in [1.165, 1.54) is 22.2 Å². The molecular weight excluding hydrogens is 370 g/mol. The molecule has 0 bridgehead atoms. The Hall–Kier alpha value is -3.25. The number of carbonyl (C=O) groups is 1. The molecule has 2 heterocycles. The van der Waals surface area contributed by atoms with Crippen LogP contribution in [0.15, 0.2) is 77.2 Å². The standard InChI is InChI=1S/C22H19N3O2S/c1-15(16-8-4-2-5-9-16)24-19(26)12-25-14-23-21-20(22(25)27)18(13-28-21)17-10-6-3-7-11-17/h2-11,13-15H,12H2,1H3,(H,24,26)/t15-/m1/s1. The predicted octanol–water partition coefficient (Wildman–Crippen LogP) is 4.00. The minimum Gasteiger partial charge on any atom is -0.348 e. The SMILES string of the molecule is C[C@@H](NC(=O)Cn1cnc2scc(-c3ccccc3)c2c1=O)c1ccccc1. The van der Waals surface area contributed by atoms with Crippen LogP contribution in [0.1, 0.15) is 18.5 Å². The molecule has 1 atom stereocenters. The Morgan fingerprint density at radius 2 is 1.79 bits per heavy atom. The Morgan fingerprint density at radius 1 is 1.11 bits per heavy atom. The van der Waals surface area contributed by atoms with E-state index in [1.54, 1.807) is 0 Å². The largest absolute Gasteiger partial charge is 0.348 e. The van der Waals surface area contributed by atoms with Crippen molar-refractivity contribution in [3.05, 3.63) is 88.3 Å². The highest BCUT2D eigenvalue weighted by molar-refractivity contribution is 7.17. The van der Waals surface area contributed by atoms with Crippen molar-refractivity contribution in [2.75, 3.05) is 0 Å². The molecule has 0 aliphatic heterocycles. The van der Waals surface area contributed by atoms with E-state index in [1.807, 2.05) is 73.0 Å². The molecule has 0 aliphatic carbocycles. The summed E-state index contributed by atoms with van der Waals surface area (Å²) >= 11 is 1.43. The van der Waals surface area contributed by atoms with Gasteiger partial charge in [-0.05, 0) is 18.1 Å². The van der Waals surface area contributed by atoms with E-state index in [-0.39, 0.29) is 24.1 Å². The molecule has 0 unspecified atom stereocenters. The molecule has 0 spiro atoms. The molecule has 6 heteroatoms. The van der Waals surface area contributed by atoms with Crippen LogP contribution >= 0.6 is 11.3 Å². The Bertz CT molecular complexity index is 1170. The lowest BCUT2D eigenvalue weighted by Gasteiger charge is -2.14. The normalized spacial score (nSPS) is 12.0. The molecular formula is C22H19N3O2S. The fourth-order valence-corrected chi connectivity index (χ4v) is 4.08. The van der Waals surface area contributed by atoms with Gasteiger partial charge in [-0.25, -0.2) is 4.98 Å². The van der Waals surface area contributed by atoms with Crippen LogP contribution in [0.2, 0.25) is 0 Å². The van der Waals surface area contributed by atoms with E-state index in [4.69, 9.17) is 0 Å². The van der Waals surface area contributed by atoms with E-state index in [9.17, 15) is 9.59 Å². The van der Waals surface area contributed by atoms with Crippen molar-refractivity contribution < 1.29 is 4.79 Å². The van der Waals surface area contributed by atoms with Crippen LogP contribution in [-0.2, 0) is 11.3 Å². The van der Waals surface area contributed by atoms with Crippen molar-refractivity contribution in [2.45, 2.75) is 19.5 Å². The minimum absolute atomic E-state index is 0.0664. The molecule has 0 aliphatic rings. The van der Waals surface area contributed by atoms with Crippen LogP contribution in [0.5, 0.6) is 0 Å². The molecule has 2 aromatic heterocycles. The number of nitrogens with one attached hydrogen (secondary N) is 1. The molecule has 140 valence electrons.